The van der Waals surface area contributed by atoms with Gasteiger partial charge in [0.2, 0.25) is 0 Å². The smallest absolute Gasteiger partial charge is 0.407 e. The number of hydrogen-bond acceptors (Lipinski definition) is 8. The first-order valence-corrected chi connectivity index (χ1v) is 12.6. The van der Waals surface area contributed by atoms with Gasteiger partial charge in [-0.05, 0) is 57.0 Å². The second-order valence-corrected chi connectivity index (χ2v) is 10.4. The molecule has 0 radical (unpaired) electrons. The molecule has 1 aliphatic rings. The van der Waals surface area contributed by atoms with E-state index in [1.165, 1.54) is 18.5 Å². The largest absolute Gasteiger partial charge is 0.494 e. The third-order valence-electron chi connectivity index (χ3n) is 6.34. The number of carbonyl (C=O) groups is 1. The van der Waals surface area contributed by atoms with Crippen LogP contribution in [0.5, 0.6) is 5.75 Å². The fourth-order valence-corrected chi connectivity index (χ4v) is 4.71. The summed E-state index contributed by atoms with van der Waals surface area (Å²) in [5.74, 6) is 0.369. The lowest BCUT2D eigenvalue weighted by Crippen LogP contribution is -2.33. The number of amides is 1. The summed E-state index contributed by atoms with van der Waals surface area (Å²) in [5.41, 5.74) is 0.946. The molecule has 4 aromatic rings. The molecule has 0 bridgehead atoms. The maximum atomic E-state index is 14.4. The van der Waals surface area contributed by atoms with Crippen LogP contribution < -0.4 is 20.9 Å². The Kier molecular flexibility index (Phi) is 6.94. The number of benzene rings is 2. The van der Waals surface area contributed by atoms with Crippen molar-refractivity contribution in [1.29, 1.82) is 0 Å². The van der Waals surface area contributed by atoms with Gasteiger partial charge in [-0.3, -0.25) is 9.48 Å². The number of ether oxygens (including phenoxy) is 2. The summed E-state index contributed by atoms with van der Waals surface area (Å²) in [6.45, 7) is 6.27. The Hall–Kier alpha value is -4.48. The highest BCUT2D eigenvalue weighted by molar-refractivity contribution is 5.97. The van der Waals surface area contributed by atoms with E-state index in [2.05, 4.69) is 30.9 Å². The number of hydrogen-bond donors (Lipinski definition) is 3. The molecule has 39 heavy (non-hydrogen) atoms. The van der Waals surface area contributed by atoms with Crippen LogP contribution in [0.25, 0.3) is 10.8 Å². The molecule has 2 unspecified atom stereocenters. The number of H-pyrrole nitrogens is 1. The molecule has 1 amide bonds. The topological polar surface area (TPSA) is 136 Å². The number of nitrogens with zero attached hydrogens (tertiary/aromatic N) is 4. The van der Waals surface area contributed by atoms with E-state index < -0.39 is 29.0 Å². The molecule has 2 atom stereocenters. The fraction of sp³-hybridized carbons (Fsp3) is 0.370. The average Bonchev–Trinajstić information content (AvgIpc) is 3.30. The predicted molar refractivity (Wildman–Crippen MR) is 142 cm³/mol. The molecule has 0 fully saturated rings. The zero-order chi connectivity index (χ0) is 27.7. The molecular formula is C27H30FN7O4. The van der Waals surface area contributed by atoms with Crippen molar-refractivity contribution in [3.8, 4) is 5.75 Å². The number of anilines is 1. The SMILES string of the molecule is Cn1ncnc1C1c2n[nH]c(=O)c3cc(F)cc(c23)NC1c1ccc(OCCCNC(=O)OC(C)(C)C)cc1. The van der Waals surface area contributed by atoms with Crippen molar-refractivity contribution in [2.45, 2.75) is 44.8 Å². The Labute approximate surface area is 223 Å². The van der Waals surface area contributed by atoms with Crippen molar-refractivity contribution in [1.82, 2.24) is 30.3 Å². The van der Waals surface area contributed by atoms with Gasteiger partial charge in [-0.25, -0.2) is 19.3 Å². The average molecular weight is 536 g/mol. The van der Waals surface area contributed by atoms with E-state index in [-0.39, 0.29) is 11.4 Å². The second-order valence-electron chi connectivity index (χ2n) is 10.4. The van der Waals surface area contributed by atoms with Crippen molar-refractivity contribution >= 4 is 22.6 Å². The van der Waals surface area contributed by atoms with E-state index in [0.717, 1.165) is 5.56 Å². The van der Waals surface area contributed by atoms with Gasteiger partial charge in [0, 0.05) is 24.7 Å². The highest BCUT2D eigenvalue weighted by atomic mass is 19.1. The number of nitrogens with one attached hydrogen (secondary N) is 3. The van der Waals surface area contributed by atoms with E-state index in [0.29, 0.717) is 47.9 Å². The van der Waals surface area contributed by atoms with Crippen molar-refractivity contribution in [3.63, 3.8) is 0 Å². The van der Waals surface area contributed by atoms with Gasteiger partial charge in [-0.2, -0.15) is 10.2 Å². The van der Waals surface area contributed by atoms with Crippen LogP contribution in [-0.4, -0.2) is 49.8 Å². The van der Waals surface area contributed by atoms with Gasteiger partial charge in [0.1, 0.15) is 29.3 Å². The van der Waals surface area contributed by atoms with Crippen molar-refractivity contribution in [2.75, 3.05) is 18.5 Å². The van der Waals surface area contributed by atoms with Crippen molar-refractivity contribution < 1.29 is 18.7 Å². The first-order chi connectivity index (χ1) is 18.6. The molecule has 204 valence electrons. The van der Waals surface area contributed by atoms with Crippen LogP contribution in [0.2, 0.25) is 0 Å². The first kappa shape index (κ1) is 26.1. The Morgan fingerprint density at radius 1 is 1.21 bits per heavy atom. The van der Waals surface area contributed by atoms with Crippen LogP contribution in [0, 0.1) is 5.82 Å². The first-order valence-electron chi connectivity index (χ1n) is 12.6. The van der Waals surface area contributed by atoms with Gasteiger partial charge in [-0.15, -0.1) is 0 Å². The third-order valence-corrected chi connectivity index (χ3v) is 6.34. The normalized spacial score (nSPS) is 16.5. The lowest BCUT2D eigenvalue weighted by molar-refractivity contribution is 0.0525. The summed E-state index contributed by atoms with van der Waals surface area (Å²) in [6, 6.07) is 9.75. The lowest BCUT2D eigenvalue weighted by Gasteiger charge is -2.33. The van der Waals surface area contributed by atoms with E-state index in [1.807, 2.05) is 45.0 Å². The summed E-state index contributed by atoms with van der Waals surface area (Å²) >= 11 is 0. The van der Waals surface area contributed by atoms with Gasteiger partial charge in [0.25, 0.3) is 5.56 Å². The Morgan fingerprint density at radius 3 is 2.67 bits per heavy atom. The Bertz CT molecular complexity index is 1560. The molecule has 3 N–H and O–H groups in total. The molecule has 5 rings (SSSR count). The molecule has 3 heterocycles. The number of aryl methyl sites for hydroxylation is 1. The highest BCUT2D eigenvalue weighted by Crippen LogP contribution is 2.46. The Balaban J connectivity index is 1.34. The van der Waals surface area contributed by atoms with Gasteiger partial charge in [-0.1, -0.05) is 12.1 Å². The highest BCUT2D eigenvalue weighted by Gasteiger charge is 2.37. The molecule has 12 heteroatoms. The molecule has 2 aromatic heterocycles. The summed E-state index contributed by atoms with van der Waals surface area (Å²) in [7, 11) is 1.79. The lowest BCUT2D eigenvalue weighted by atomic mass is 9.83. The second kappa shape index (κ2) is 10.4. The Morgan fingerprint density at radius 2 is 1.97 bits per heavy atom. The molecule has 11 nitrogen and oxygen atoms in total. The minimum Gasteiger partial charge on any atom is -0.494 e. The van der Waals surface area contributed by atoms with Crippen LogP contribution in [0.15, 0.2) is 47.5 Å². The summed E-state index contributed by atoms with van der Waals surface area (Å²) in [6.07, 6.45) is 1.61. The van der Waals surface area contributed by atoms with Crippen molar-refractivity contribution in [3.05, 3.63) is 76.0 Å². The van der Waals surface area contributed by atoms with Gasteiger partial charge < -0.3 is 20.1 Å². The van der Waals surface area contributed by atoms with E-state index in [9.17, 15) is 14.0 Å². The zero-order valence-corrected chi connectivity index (χ0v) is 22.1. The third kappa shape index (κ3) is 5.54. The summed E-state index contributed by atoms with van der Waals surface area (Å²) < 4.78 is 27.2. The number of halogens is 1. The number of rotatable bonds is 7. The predicted octanol–water partition coefficient (Wildman–Crippen LogP) is 3.78. The van der Waals surface area contributed by atoms with Crippen LogP contribution in [0.3, 0.4) is 0 Å². The molecule has 2 aromatic carbocycles. The monoisotopic (exact) mass is 535 g/mol. The zero-order valence-electron chi connectivity index (χ0n) is 22.1. The summed E-state index contributed by atoms with van der Waals surface area (Å²) in [5, 5.41) is 18.0. The molecule has 0 saturated carbocycles. The fourth-order valence-electron chi connectivity index (χ4n) is 4.71. The maximum absolute atomic E-state index is 14.4. The van der Waals surface area contributed by atoms with E-state index in [4.69, 9.17) is 9.47 Å². The quantitative estimate of drug-likeness (QED) is 0.304. The molecular weight excluding hydrogens is 505 g/mol. The number of alkyl carbamates (subject to hydrolysis) is 1. The van der Waals surface area contributed by atoms with Crippen LogP contribution in [0.1, 0.15) is 56.2 Å². The molecule has 0 saturated heterocycles. The minimum absolute atomic E-state index is 0.220. The van der Waals surface area contributed by atoms with Crippen LogP contribution in [-0.2, 0) is 11.8 Å². The molecule has 0 spiro atoms. The van der Waals surface area contributed by atoms with Crippen LogP contribution in [0.4, 0.5) is 14.9 Å². The standard InChI is InChI=1S/C27H30FN7O4/c1-27(2,3)39-26(37)29-10-5-11-38-17-8-6-15(7-9-17)22-21(24-30-14-31-35(24)4)23-20-18(25(36)34-33-23)12-16(28)13-19(20)32-22/h6-9,12-14,21-22,32H,5,10-11H2,1-4H3,(H,29,37)(H,34,36). The van der Waals surface area contributed by atoms with Crippen LogP contribution >= 0.6 is 0 Å². The maximum Gasteiger partial charge on any atom is 0.407 e. The van der Waals surface area contributed by atoms with Gasteiger partial charge >= 0.3 is 6.09 Å². The number of aromatic amines is 1. The minimum atomic E-state index is -0.544. The summed E-state index contributed by atoms with van der Waals surface area (Å²) in [4.78, 5) is 28.7. The molecule has 1 aliphatic heterocycles. The van der Waals surface area contributed by atoms with E-state index >= 15 is 0 Å². The van der Waals surface area contributed by atoms with Crippen molar-refractivity contribution in [2.24, 2.45) is 7.05 Å². The molecule has 0 aliphatic carbocycles. The van der Waals surface area contributed by atoms with Gasteiger partial charge in [0.05, 0.1) is 29.6 Å². The van der Waals surface area contributed by atoms with E-state index in [1.54, 1.807) is 11.7 Å². The number of carbonyl (C=O) groups excluding carboxylic acids is 1. The van der Waals surface area contributed by atoms with Gasteiger partial charge in [0.15, 0.2) is 0 Å². The number of aromatic nitrogens is 5.